The van der Waals surface area contributed by atoms with E-state index < -0.39 is 11.2 Å². The van der Waals surface area contributed by atoms with E-state index in [1.807, 2.05) is 36.4 Å². The van der Waals surface area contributed by atoms with Crippen LogP contribution < -0.4 is 9.80 Å². The van der Waals surface area contributed by atoms with Gasteiger partial charge in [-0.25, -0.2) is 19.6 Å². The maximum Gasteiger partial charge on any atom is 0.416 e. The summed E-state index contributed by atoms with van der Waals surface area (Å²) in [6, 6.07) is 11.0. The Morgan fingerprint density at radius 2 is 1.05 bits per heavy atom. The molecule has 0 aromatic carbocycles. The molecule has 2 aromatic rings. The van der Waals surface area contributed by atoms with Crippen LogP contribution in [0, 0.1) is 10.8 Å². The van der Waals surface area contributed by atoms with E-state index in [0.29, 0.717) is 24.7 Å². The highest BCUT2D eigenvalue weighted by atomic mass is 16.6. The van der Waals surface area contributed by atoms with Crippen molar-refractivity contribution in [2.45, 2.75) is 76.4 Å². The van der Waals surface area contributed by atoms with Gasteiger partial charge in [-0.2, -0.15) is 0 Å². The second-order valence-electron chi connectivity index (χ2n) is 12.6. The van der Waals surface area contributed by atoms with Crippen LogP contribution in [0.4, 0.5) is 21.2 Å². The van der Waals surface area contributed by atoms with Gasteiger partial charge in [0.05, 0.1) is 13.1 Å². The number of aliphatic hydroxyl groups is 2. The zero-order chi connectivity index (χ0) is 28.4. The summed E-state index contributed by atoms with van der Waals surface area (Å²) >= 11 is 0. The van der Waals surface area contributed by atoms with E-state index >= 15 is 0 Å². The predicted octanol–water partition coefficient (Wildman–Crippen LogP) is 4.70. The van der Waals surface area contributed by atoms with Gasteiger partial charge in [0.25, 0.3) is 0 Å². The molecule has 4 fully saturated rings. The lowest BCUT2D eigenvalue weighted by Crippen LogP contribution is -2.42. The first-order valence-corrected chi connectivity index (χ1v) is 14.2. The van der Waals surface area contributed by atoms with Crippen molar-refractivity contribution in [3.63, 3.8) is 0 Å². The van der Waals surface area contributed by atoms with Crippen LogP contribution in [-0.4, -0.2) is 69.9 Å². The Morgan fingerprint density at radius 3 is 1.35 bits per heavy atom. The van der Waals surface area contributed by atoms with E-state index in [4.69, 9.17) is 9.47 Å². The number of aromatic nitrogens is 2. The Labute approximate surface area is 235 Å². The molecule has 2 saturated heterocycles. The van der Waals surface area contributed by atoms with Gasteiger partial charge >= 0.3 is 12.2 Å². The van der Waals surface area contributed by atoms with Gasteiger partial charge in [0.2, 0.25) is 0 Å². The number of nitrogens with zero attached hydrogens (tertiary/aromatic N) is 4. The molecule has 10 heteroatoms. The first kappa shape index (κ1) is 28.3. The van der Waals surface area contributed by atoms with Crippen LogP contribution in [0.1, 0.15) is 65.2 Å². The average Bonchev–Trinajstić information content (AvgIpc) is 3.50. The van der Waals surface area contributed by atoms with Crippen LogP contribution in [-0.2, 0) is 9.47 Å². The average molecular weight is 553 g/mol. The number of anilines is 2. The zero-order valence-corrected chi connectivity index (χ0v) is 23.4. The fourth-order valence-electron chi connectivity index (χ4n) is 6.08. The van der Waals surface area contributed by atoms with Crippen LogP contribution in [0.5, 0.6) is 0 Å². The van der Waals surface area contributed by atoms with Crippen LogP contribution in [0.15, 0.2) is 48.8 Å². The minimum absolute atomic E-state index is 0.0317. The largest absolute Gasteiger partial charge is 0.441 e. The first-order valence-electron chi connectivity index (χ1n) is 14.2. The summed E-state index contributed by atoms with van der Waals surface area (Å²) in [6.45, 7) is 5.69. The van der Waals surface area contributed by atoms with Crippen molar-refractivity contribution in [3.05, 3.63) is 48.8 Å². The molecule has 2 amide bonds. The number of aliphatic hydroxyl groups excluding tert-OH is 2. The smallest absolute Gasteiger partial charge is 0.416 e. The van der Waals surface area contributed by atoms with Crippen molar-refractivity contribution in [2.75, 3.05) is 36.1 Å². The summed E-state index contributed by atoms with van der Waals surface area (Å²) in [5.41, 5.74) is -0.862. The number of carbonyl (C=O) groups is 2. The number of hydrogen-bond donors (Lipinski definition) is 2. The lowest BCUT2D eigenvalue weighted by atomic mass is 9.70. The Balaban J connectivity index is 0.000000161. The SMILES string of the molecule is CC1(CO)CCC2(CC1)CN(c1ccccn1)C(=O)O2.CC1(CO)CCC2(CC1)CN(c1ccccn1)C(=O)O2. The minimum atomic E-state index is -0.400. The lowest BCUT2D eigenvalue weighted by Gasteiger charge is -2.40. The molecule has 10 nitrogen and oxygen atoms in total. The third-order valence-electron chi connectivity index (χ3n) is 9.29. The lowest BCUT2D eigenvalue weighted by molar-refractivity contribution is -0.0234. The van der Waals surface area contributed by atoms with Crippen molar-refractivity contribution < 1.29 is 29.3 Å². The highest BCUT2D eigenvalue weighted by Crippen LogP contribution is 2.46. The van der Waals surface area contributed by atoms with E-state index in [1.54, 1.807) is 22.2 Å². The third kappa shape index (κ3) is 5.78. The van der Waals surface area contributed by atoms with Gasteiger partial charge in [-0.15, -0.1) is 0 Å². The Kier molecular flexibility index (Phi) is 7.76. The molecule has 2 aliphatic heterocycles. The molecule has 2 spiro atoms. The van der Waals surface area contributed by atoms with Gasteiger partial charge in [0.1, 0.15) is 22.8 Å². The van der Waals surface area contributed by atoms with Crippen LogP contribution in [0.3, 0.4) is 0 Å². The number of ether oxygens (including phenoxy) is 2. The summed E-state index contributed by atoms with van der Waals surface area (Å²) < 4.78 is 11.3. The highest BCUT2D eigenvalue weighted by Gasteiger charge is 2.51. The summed E-state index contributed by atoms with van der Waals surface area (Å²) in [7, 11) is 0. The summed E-state index contributed by atoms with van der Waals surface area (Å²) in [5, 5.41) is 18.9. The number of pyridine rings is 2. The van der Waals surface area contributed by atoms with E-state index in [0.717, 1.165) is 51.4 Å². The second-order valence-corrected chi connectivity index (χ2v) is 12.6. The first-order chi connectivity index (χ1) is 19.1. The summed E-state index contributed by atoms with van der Waals surface area (Å²) in [4.78, 5) is 35.9. The molecule has 4 heterocycles. The maximum atomic E-state index is 12.1. The molecule has 216 valence electrons. The van der Waals surface area contributed by atoms with Gasteiger partial charge in [0, 0.05) is 25.6 Å². The fourth-order valence-corrected chi connectivity index (χ4v) is 6.08. The number of amides is 2. The Morgan fingerprint density at radius 1 is 0.675 bits per heavy atom. The third-order valence-corrected chi connectivity index (χ3v) is 9.29. The summed E-state index contributed by atoms with van der Waals surface area (Å²) in [5.74, 6) is 1.29. The molecule has 0 unspecified atom stereocenters. The molecule has 0 bridgehead atoms. The number of rotatable bonds is 4. The van der Waals surface area contributed by atoms with Gasteiger partial charge in [-0.3, -0.25) is 9.80 Å². The maximum absolute atomic E-state index is 12.1. The molecule has 2 N–H and O–H groups in total. The van der Waals surface area contributed by atoms with Crippen molar-refractivity contribution in [1.29, 1.82) is 0 Å². The van der Waals surface area contributed by atoms with E-state index in [-0.39, 0.29) is 36.2 Å². The molecule has 6 rings (SSSR count). The molecule has 4 aliphatic rings. The molecule has 40 heavy (non-hydrogen) atoms. The topological polar surface area (TPSA) is 125 Å². The molecule has 0 atom stereocenters. The van der Waals surface area contributed by atoms with Gasteiger partial charge in [-0.05, 0) is 86.5 Å². The normalized spacial score (nSPS) is 33.5. The van der Waals surface area contributed by atoms with E-state index in [1.165, 1.54) is 0 Å². The fraction of sp³-hybridized carbons (Fsp3) is 0.600. The van der Waals surface area contributed by atoms with Crippen LogP contribution >= 0.6 is 0 Å². The predicted molar refractivity (Wildman–Crippen MR) is 149 cm³/mol. The van der Waals surface area contributed by atoms with Crippen molar-refractivity contribution in [1.82, 2.24) is 9.97 Å². The Hall–Kier alpha value is -3.24. The van der Waals surface area contributed by atoms with E-state index in [9.17, 15) is 19.8 Å². The number of carbonyl (C=O) groups excluding carboxylic acids is 2. The molecular weight excluding hydrogens is 512 g/mol. The quantitative estimate of drug-likeness (QED) is 0.559. The highest BCUT2D eigenvalue weighted by molar-refractivity contribution is 5.89. The van der Waals surface area contributed by atoms with Gasteiger partial charge in [-0.1, -0.05) is 26.0 Å². The number of hydrogen-bond acceptors (Lipinski definition) is 8. The monoisotopic (exact) mass is 552 g/mol. The molecule has 2 saturated carbocycles. The molecule has 0 radical (unpaired) electrons. The van der Waals surface area contributed by atoms with Crippen molar-refractivity contribution >= 4 is 23.8 Å². The van der Waals surface area contributed by atoms with Crippen molar-refractivity contribution in [2.24, 2.45) is 10.8 Å². The standard InChI is InChI=1S/2C15H20N2O3/c2*1-14(11-18)5-7-15(8-6-14)10-17(13(19)20-15)12-4-2-3-9-16-12/h2*2-4,9,18H,5-8,10-11H2,1H3. The van der Waals surface area contributed by atoms with Crippen LogP contribution in [0.2, 0.25) is 0 Å². The molecular formula is C30H40N4O6. The van der Waals surface area contributed by atoms with Gasteiger partial charge in [0.15, 0.2) is 0 Å². The van der Waals surface area contributed by atoms with Crippen LogP contribution in [0.25, 0.3) is 0 Å². The molecule has 2 aromatic heterocycles. The minimum Gasteiger partial charge on any atom is -0.441 e. The zero-order valence-electron chi connectivity index (χ0n) is 23.4. The van der Waals surface area contributed by atoms with Gasteiger partial charge < -0.3 is 19.7 Å². The summed E-state index contributed by atoms with van der Waals surface area (Å²) in [6.07, 6.45) is 9.48. The Bertz CT molecular complexity index is 1080. The molecule has 2 aliphatic carbocycles. The van der Waals surface area contributed by atoms with Crippen molar-refractivity contribution in [3.8, 4) is 0 Å². The second kappa shape index (κ2) is 11.0. The van der Waals surface area contributed by atoms with E-state index in [2.05, 4.69) is 23.8 Å².